The highest BCUT2D eigenvalue weighted by Crippen LogP contribution is 2.30. The largest absolute Gasteiger partial charge is 0.435 e. The first-order valence-electron chi connectivity index (χ1n) is 5.71. The van der Waals surface area contributed by atoms with E-state index < -0.39 is 22.5 Å². The SMILES string of the molecule is CCNc1ncnc(-n2ccc(C(F)(F)F)n2)c1[N+](=O)[O-]. The summed E-state index contributed by atoms with van der Waals surface area (Å²) in [5, 5.41) is 17.0. The van der Waals surface area contributed by atoms with Crippen LogP contribution in [0.4, 0.5) is 24.7 Å². The second-order valence-electron chi connectivity index (χ2n) is 3.83. The molecule has 21 heavy (non-hydrogen) atoms. The van der Waals surface area contributed by atoms with Gasteiger partial charge in [0.1, 0.15) is 6.33 Å². The van der Waals surface area contributed by atoms with Crippen LogP contribution < -0.4 is 5.32 Å². The highest BCUT2D eigenvalue weighted by Gasteiger charge is 2.34. The van der Waals surface area contributed by atoms with Crippen molar-refractivity contribution in [3.63, 3.8) is 0 Å². The minimum atomic E-state index is -4.64. The van der Waals surface area contributed by atoms with Crippen LogP contribution in [0.25, 0.3) is 5.82 Å². The zero-order chi connectivity index (χ0) is 15.6. The minimum Gasteiger partial charge on any atom is -0.364 e. The molecule has 2 heterocycles. The second kappa shape index (κ2) is 5.34. The lowest BCUT2D eigenvalue weighted by atomic mass is 10.4. The quantitative estimate of drug-likeness (QED) is 0.685. The maximum absolute atomic E-state index is 12.5. The number of hydrogen-bond donors (Lipinski definition) is 1. The third-order valence-corrected chi connectivity index (χ3v) is 2.43. The van der Waals surface area contributed by atoms with Crippen LogP contribution in [-0.2, 0) is 6.18 Å². The van der Waals surface area contributed by atoms with Crippen LogP contribution in [0.3, 0.4) is 0 Å². The van der Waals surface area contributed by atoms with E-state index in [0.29, 0.717) is 17.3 Å². The third-order valence-electron chi connectivity index (χ3n) is 2.43. The number of nitrogens with zero attached hydrogens (tertiary/aromatic N) is 5. The summed E-state index contributed by atoms with van der Waals surface area (Å²) < 4.78 is 38.3. The van der Waals surface area contributed by atoms with E-state index in [1.165, 1.54) is 0 Å². The molecule has 0 aliphatic carbocycles. The molecule has 0 amide bonds. The highest BCUT2D eigenvalue weighted by atomic mass is 19.4. The number of anilines is 1. The number of alkyl halides is 3. The molecule has 0 radical (unpaired) electrons. The molecule has 0 aliphatic heterocycles. The summed E-state index contributed by atoms with van der Waals surface area (Å²) >= 11 is 0. The minimum absolute atomic E-state index is 0.0865. The lowest BCUT2D eigenvalue weighted by Gasteiger charge is -2.07. The molecule has 0 saturated heterocycles. The molecule has 8 nitrogen and oxygen atoms in total. The van der Waals surface area contributed by atoms with Crippen molar-refractivity contribution in [1.29, 1.82) is 0 Å². The maximum atomic E-state index is 12.5. The molecule has 0 fully saturated rings. The van der Waals surface area contributed by atoms with Gasteiger partial charge in [-0.15, -0.1) is 0 Å². The molecule has 0 unspecified atom stereocenters. The Bertz CT molecular complexity index is 669. The Morgan fingerprint density at radius 2 is 2.14 bits per heavy atom. The van der Waals surface area contributed by atoms with E-state index in [1.54, 1.807) is 6.92 Å². The van der Waals surface area contributed by atoms with Gasteiger partial charge in [-0.2, -0.15) is 18.3 Å². The maximum Gasteiger partial charge on any atom is 0.435 e. The van der Waals surface area contributed by atoms with Gasteiger partial charge in [0, 0.05) is 12.7 Å². The van der Waals surface area contributed by atoms with Gasteiger partial charge in [-0.1, -0.05) is 0 Å². The summed E-state index contributed by atoms with van der Waals surface area (Å²) in [5.74, 6) is -0.432. The number of rotatable bonds is 4. The normalized spacial score (nSPS) is 11.4. The van der Waals surface area contributed by atoms with E-state index in [-0.39, 0.29) is 11.6 Å². The summed E-state index contributed by atoms with van der Waals surface area (Å²) in [6.07, 6.45) is -2.68. The van der Waals surface area contributed by atoms with Gasteiger partial charge < -0.3 is 5.32 Å². The predicted molar refractivity (Wildman–Crippen MR) is 65.0 cm³/mol. The lowest BCUT2D eigenvalue weighted by molar-refractivity contribution is -0.384. The number of nitrogens with one attached hydrogen (secondary N) is 1. The van der Waals surface area contributed by atoms with Gasteiger partial charge in [-0.3, -0.25) is 10.1 Å². The van der Waals surface area contributed by atoms with E-state index in [4.69, 9.17) is 0 Å². The zero-order valence-corrected chi connectivity index (χ0v) is 10.6. The Hall–Kier alpha value is -2.72. The molecular formula is C10H9F3N6O2. The molecule has 112 valence electrons. The Morgan fingerprint density at radius 1 is 1.43 bits per heavy atom. The molecule has 0 aromatic carbocycles. The van der Waals surface area contributed by atoms with Crippen LogP contribution in [0, 0.1) is 10.1 Å². The fraction of sp³-hybridized carbons (Fsp3) is 0.300. The fourth-order valence-corrected chi connectivity index (χ4v) is 1.60. The molecule has 0 saturated carbocycles. The standard InChI is InChI=1S/C10H9F3N6O2/c1-2-14-8-7(19(20)21)9(16-5-15-8)18-4-3-6(17-18)10(11,12)13/h3-5H,2H2,1H3,(H,14,15,16). The molecule has 2 rings (SSSR count). The van der Waals surface area contributed by atoms with Crippen molar-refractivity contribution in [1.82, 2.24) is 19.7 Å². The predicted octanol–water partition coefficient (Wildman–Crippen LogP) is 2.02. The summed E-state index contributed by atoms with van der Waals surface area (Å²) in [7, 11) is 0. The van der Waals surface area contributed by atoms with Crippen LogP contribution in [0.5, 0.6) is 0 Å². The van der Waals surface area contributed by atoms with Gasteiger partial charge >= 0.3 is 11.9 Å². The second-order valence-corrected chi connectivity index (χ2v) is 3.83. The van der Waals surface area contributed by atoms with E-state index in [9.17, 15) is 23.3 Å². The van der Waals surface area contributed by atoms with Crippen LogP contribution in [-0.4, -0.2) is 31.2 Å². The summed E-state index contributed by atoms with van der Waals surface area (Å²) in [5.41, 5.74) is -1.71. The Morgan fingerprint density at radius 3 is 2.67 bits per heavy atom. The lowest BCUT2D eigenvalue weighted by Crippen LogP contribution is -2.11. The Kier molecular flexibility index (Phi) is 3.74. The molecule has 11 heteroatoms. The summed E-state index contributed by atoms with van der Waals surface area (Å²) in [6.45, 7) is 2.05. The smallest absolute Gasteiger partial charge is 0.364 e. The van der Waals surface area contributed by atoms with Gasteiger partial charge in [-0.25, -0.2) is 14.6 Å². The average Bonchev–Trinajstić information content (AvgIpc) is 2.87. The molecular weight excluding hydrogens is 293 g/mol. The van der Waals surface area contributed by atoms with E-state index >= 15 is 0 Å². The monoisotopic (exact) mass is 302 g/mol. The fourth-order valence-electron chi connectivity index (χ4n) is 1.60. The Balaban J connectivity index is 2.56. The first kappa shape index (κ1) is 14.7. The molecule has 0 spiro atoms. The van der Waals surface area contributed by atoms with Crippen molar-refractivity contribution in [2.24, 2.45) is 0 Å². The first-order chi connectivity index (χ1) is 9.84. The topological polar surface area (TPSA) is 98.8 Å². The van der Waals surface area contributed by atoms with Crippen LogP contribution in [0.15, 0.2) is 18.6 Å². The average molecular weight is 302 g/mol. The number of nitro groups is 1. The molecule has 2 aromatic heterocycles. The van der Waals surface area contributed by atoms with Crippen LogP contribution in [0.2, 0.25) is 0 Å². The molecule has 0 atom stereocenters. The van der Waals surface area contributed by atoms with Gasteiger partial charge in [-0.05, 0) is 13.0 Å². The van der Waals surface area contributed by atoms with Crippen molar-refractivity contribution >= 4 is 11.5 Å². The Labute approximate surface area is 115 Å². The first-order valence-corrected chi connectivity index (χ1v) is 5.71. The molecule has 0 aliphatic rings. The highest BCUT2D eigenvalue weighted by molar-refractivity contribution is 5.63. The third kappa shape index (κ3) is 2.90. The van der Waals surface area contributed by atoms with Crippen LogP contribution >= 0.6 is 0 Å². The molecule has 0 bridgehead atoms. The molecule has 2 aromatic rings. The van der Waals surface area contributed by atoms with Gasteiger partial charge in [0.15, 0.2) is 5.69 Å². The number of halogens is 3. The van der Waals surface area contributed by atoms with Crippen molar-refractivity contribution in [2.45, 2.75) is 13.1 Å². The van der Waals surface area contributed by atoms with Crippen molar-refractivity contribution < 1.29 is 18.1 Å². The van der Waals surface area contributed by atoms with Crippen molar-refractivity contribution in [3.05, 3.63) is 34.4 Å². The number of aromatic nitrogens is 4. The van der Waals surface area contributed by atoms with Gasteiger partial charge in [0.2, 0.25) is 11.6 Å². The van der Waals surface area contributed by atoms with Gasteiger partial charge in [0.05, 0.1) is 4.92 Å². The van der Waals surface area contributed by atoms with E-state index in [2.05, 4.69) is 20.4 Å². The zero-order valence-electron chi connectivity index (χ0n) is 10.6. The summed E-state index contributed by atoms with van der Waals surface area (Å²) in [4.78, 5) is 17.7. The van der Waals surface area contributed by atoms with Crippen molar-refractivity contribution in [2.75, 3.05) is 11.9 Å². The molecule has 1 N–H and O–H groups in total. The van der Waals surface area contributed by atoms with E-state index in [0.717, 1.165) is 12.5 Å². The summed E-state index contributed by atoms with van der Waals surface area (Å²) in [6, 6.07) is 0.707. The van der Waals surface area contributed by atoms with Crippen LogP contribution in [0.1, 0.15) is 12.6 Å². The van der Waals surface area contributed by atoms with Crippen molar-refractivity contribution in [3.8, 4) is 5.82 Å². The van der Waals surface area contributed by atoms with Gasteiger partial charge in [0.25, 0.3) is 0 Å². The van der Waals surface area contributed by atoms with E-state index in [1.807, 2.05) is 0 Å². The number of hydrogen-bond acceptors (Lipinski definition) is 6.